The predicted molar refractivity (Wildman–Crippen MR) is 73.9 cm³/mol. The van der Waals surface area contributed by atoms with E-state index in [9.17, 15) is 14.4 Å². The Morgan fingerprint density at radius 1 is 1.29 bits per heavy atom. The van der Waals surface area contributed by atoms with E-state index in [1.54, 1.807) is 24.3 Å². The summed E-state index contributed by atoms with van der Waals surface area (Å²) < 4.78 is 0. The van der Waals surface area contributed by atoms with Crippen LogP contribution < -0.4 is 0 Å². The Morgan fingerprint density at radius 2 is 1.90 bits per heavy atom. The molecule has 1 aromatic rings. The number of nitrogens with zero attached hydrogens (tertiary/aromatic N) is 1. The van der Waals surface area contributed by atoms with Crippen molar-refractivity contribution in [1.29, 1.82) is 0 Å². The van der Waals surface area contributed by atoms with Crippen LogP contribution in [0, 0.1) is 5.92 Å². The van der Waals surface area contributed by atoms with Crippen LogP contribution in [0.25, 0.3) is 0 Å². The number of aliphatic carboxylic acids is 2. The molecular formula is C14H14ClNO5. The first-order valence-corrected chi connectivity index (χ1v) is 6.76. The van der Waals surface area contributed by atoms with E-state index in [1.165, 1.54) is 4.90 Å². The third-order valence-electron chi connectivity index (χ3n) is 3.51. The van der Waals surface area contributed by atoms with Crippen molar-refractivity contribution in [2.45, 2.75) is 18.9 Å². The van der Waals surface area contributed by atoms with Crippen molar-refractivity contribution in [2.24, 2.45) is 5.92 Å². The Balaban J connectivity index is 2.28. The van der Waals surface area contributed by atoms with Gasteiger partial charge in [-0.2, -0.15) is 0 Å². The maximum atomic E-state index is 12.0. The van der Waals surface area contributed by atoms with Gasteiger partial charge in [-0.25, -0.2) is 0 Å². The number of hydrogen-bond acceptors (Lipinski definition) is 3. The molecule has 0 radical (unpaired) electrons. The lowest BCUT2D eigenvalue weighted by Gasteiger charge is -2.27. The van der Waals surface area contributed by atoms with Crippen molar-refractivity contribution in [3.8, 4) is 0 Å². The van der Waals surface area contributed by atoms with Gasteiger partial charge in [0.05, 0.1) is 18.4 Å². The van der Waals surface area contributed by atoms with Gasteiger partial charge in [-0.1, -0.05) is 23.7 Å². The lowest BCUT2D eigenvalue weighted by molar-refractivity contribution is -0.141. The second-order valence-corrected chi connectivity index (χ2v) is 5.39. The molecule has 2 atom stereocenters. The number of amides is 1. The molecule has 0 saturated carbocycles. The Hall–Kier alpha value is -2.08. The molecule has 1 aromatic carbocycles. The topological polar surface area (TPSA) is 94.9 Å². The number of carbonyl (C=O) groups excluding carboxylic acids is 1. The van der Waals surface area contributed by atoms with E-state index in [1.807, 2.05) is 0 Å². The van der Waals surface area contributed by atoms with Gasteiger partial charge < -0.3 is 15.1 Å². The number of carbonyl (C=O) groups is 3. The highest BCUT2D eigenvalue weighted by Crippen LogP contribution is 2.31. The minimum Gasteiger partial charge on any atom is -0.481 e. The molecule has 0 bridgehead atoms. The molecule has 1 fully saturated rings. The first kappa shape index (κ1) is 15.3. The van der Waals surface area contributed by atoms with Gasteiger partial charge in [0.2, 0.25) is 5.91 Å². The first-order chi connectivity index (χ1) is 9.88. The van der Waals surface area contributed by atoms with Gasteiger partial charge in [0.1, 0.15) is 0 Å². The molecule has 21 heavy (non-hydrogen) atoms. The summed E-state index contributed by atoms with van der Waals surface area (Å²) in [5.74, 6) is -3.23. The normalized spacial score (nSPS) is 19.6. The molecule has 2 unspecified atom stereocenters. The number of carboxylic acid groups (broad SMARTS) is 2. The van der Waals surface area contributed by atoms with Crippen molar-refractivity contribution in [3.05, 3.63) is 34.9 Å². The van der Waals surface area contributed by atoms with Gasteiger partial charge in [-0.05, 0) is 17.7 Å². The SMILES string of the molecule is O=C(O)CC(c1ccc(Cl)cc1)N1CC(C(=O)O)CC1=O. The van der Waals surface area contributed by atoms with Crippen LogP contribution in [0.4, 0.5) is 0 Å². The lowest BCUT2D eigenvalue weighted by atomic mass is 10.0. The van der Waals surface area contributed by atoms with Crippen LogP contribution in [0.5, 0.6) is 0 Å². The van der Waals surface area contributed by atoms with Crippen LogP contribution in [-0.4, -0.2) is 39.5 Å². The van der Waals surface area contributed by atoms with Crippen molar-refractivity contribution >= 4 is 29.4 Å². The largest absolute Gasteiger partial charge is 0.481 e. The number of likely N-dealkylation sites (tertiary alicyclic amines) is 1. The van der Waals surface area contributed by atoms with Crippen LogP contribution >= 0.6 is 11.6 Å². The minimum absolute atomic E-state index is 0.0226. The summed E-state index contributed by atoms with van der Waals surface area (Å²) in [6, 6.07) is 5.84. The number of benzene rings is 1. The maximum Gasteiger partial charge on any atom is 0.308 e. The van der Waals surface area contributed by atoms with Gasteiger partial charge in [0, 0.05) is 18.0 Å². The number of hydrogen-bond donors (Lipinski definition) is 2. The highest BCUT2D eigenvalue weighted by molar-refractivity contribution is 6.30. The van der Waals surface area contributed by atoms with Crippen LogP contribution in [0.15, 0.2) is 24.3 Å². The number of halogens is 1. The summed E-state index contributed by atoms with van der Waals surface area (Å²) in [5.41, 5.74) is 0.626. The summed E-state index contributed by atoms with van der Waals surface area (Å²) in [6.45, 7) is 0.0226. The highest BCUT2D eigenvalue weighted by atomic mass is 35.5. The fraction of sp³-hybridized carbons (Fsp3) is 0.357. The standard InChI is InChI=1S/C14H14ClNO5/c15-10-3-1-8(2-4-10)11(6-13(18)19)16-7-9(14(20)21)5-12(16)17/h1-4,9,11H,5-7H2,(H,18,19)(H,20,21). The third kappa shape index (κ3) is 3.52. The van der Waals surface area contributed by atoms with Crippen LogP contribution in [-0.2, 0) is 14.4 Å². The Kier molecular flexibility index (Phi) is 4.47. The van der Waals surface area contributed by atoms with Crippen molar-refractivity contribution in [1.82, 2.24) is 4.90 Å². The molecule has 1 heterocycles. The van der Waals surface area contributed by atoms with Crippen molar-refractivity contribution < 1.29 is 24.6 Å². The second-order valence-electron chi connectivity index (χ2n) is 4.95. The number of carboxylic acids is 2. The summed E-state index contributed by atoms with van der Waals surface area (Å²) >= 11 is 5.80. The zero-order chi connectivity index (χ0) is 15.6. The van der Waals surface area contributed by atoms with Gasteiger partial charge in [-0.3, -0.25) is 14.4 Å². The Labute approximate surface area is 125 Å². The van der Waals surface area contributed by atoms with Gasteiger partial charge >= 0.3 is 11.9 Å². The fourth-order valence-corrected chi connectivity index (χ4v) is 2.58. The third-order valence-corrected chi connectivity index (χ3v) is 3.76. The zero-order valence-corrected chi connectivity index (χ0v) is 11.8. The van der Waals surface area contributed by atoms with Crippen molar-refractivity contribution in [2.75, 3.05) is 6.54 Å². The molecule has 0 spiro atoms. The minimum atomic E-state index is -1.05. The molecule has 0 aromatic heterocycles. The predicted octanol–water partition coefficient (Wildman–Crippen LogP) is 1.79. The molecule has 1 saturated heterocycles. The maximum absolute atomic E-state index is 12.0. The average molecular weight is 312 g/mol. The molecule has 7 heteroatoms. The Bertz CT molecular complexity index is 571. The number of rotatable bonds is 5. The summed E-state index contributed by atoms with van der Waals surface area (Å²) in [4.78, 5) is 35.4. The molecule has 6 nitrogen and oxygen atoms in total. The monoisotopic (exact) mass is 311 g/mol. The van der Waals surface area contributed by atoms with Gasteiger partial charge in [-0.15, -0.1) is 0 Å². The van der Waals surface area contributed by atoms with Gasteiger partial charge in [0.25, 0.3) is 0 Å². The average Bonchev–Trinajstić information content (AvgIpc) is 2.79. The van der Waals surface area contributed by atoms with Gasteiger partial charge in [0.15, 0.2) is 0 Å². The molecule has 1 aliphatic heterocycles. The second kappa shape index (κ2) is 6.13. The fourth-order valence-electron chi connectivity index (χ4n) is 2.46. The molecule has 2 N–H and O–H groups in total. The lowest BCUT2D eigenvalue weighted by Crippen LogP contribution is -2.32. The molecule has 112 valence electrons. The van der Waals surface area contributed by atoms with Crippen LogP contribution in [0.3, 0.4) is 0 Å². The zero-order valence-electron chi connectivity index (χ0n) is 11.0. The smallest absolute Gasteiger partial charge is 0.308 e. The van der Waals surface area contributed by atoms with Crippen LogP contribution in [0.1, 0.15) is 24.4 Å². The highest BCUT2D eigenvalue weighted by Gasteiger charge is 2.39. The summed E-state index contributed by atoms with van der Waals surface area (Å²) in [5, 5.41) is 18.6. The van der Waals surface area contributed by atoms with E-state index < -0.39 is 23.9 Å². The van der Waals surface area contributed by atoms with Crippen LogP contribution in [0.2, 0.25) is 5.02 Å². The quantitative estimate of drug-likeness (QED) is 0.864. The molecule has 1 aliphatic rings. The Morgan fingerprint density at radius 3 is 2.38 bits per heavy atom. The van der Waals surface area contributed by atoms with E-state index in [0.29, 0.717) is 10.6 Å². The molecule has 1 amide bonds. The van der Waals surface area contributed by atoms with E-state index in [2.05, 4.69) is 0 Å². The molecule has 0 aliphatic carbocycles. The van der Waals surface area contributed by atoms with E-state index >= 15 is 0 Å². The summed E-state index contributed by atoms with van der Waals surface area (Å²) in [6.07, 6.45) is -0.376. The van der Waals surface area contributed by atoms with E-state index in [0.717, 1.165) is 0 Å². The molecular weight excluding hydrogens is 298 g/mol. The van der Waals surface area contributed by atoms with Crippen molar-refractivity contribution in [3.63, 3.8) is 0 Å². The first-order valence-electron chi connectivity index (χ1n) is 6.38. The van der Waals surface area contributed by atoms with E-state index in [-0.39, 0.29) is 25.3 Å². The molecule has 2 rings (SSSR count). The van der Waals surface area contributed by atoms with E-state index in [4.69, 9.17) is 21.8 Å². The summed E-state index contributed by atoms with van der Waals surface area (Å²) in [7, 11) is 0.